The number of hydrogen-bond acceptors (Lipinski definition) is 3. The molecule has 1 aliphatic heterocycles. The highest BCUT2D eigenvalue weighted by Crippen LogP contribution is 2.33. The SMILES string of the molecule is O=Cc1nn(C2CCC2)c2c1CCNC2. The number of aromatic nitrogens is 2. The summed E-state index contributed by atoms with van der Waals surface area (Å²) in [6, 6.07) is 0.548. The van der Waals surface area contributed by atoms with Crippen LogP contribution in [0.2, 0.25) is 0 Å². The third-order valence-corrected chi connectivity index (χ3v) is 3.53. The van der Waals surface area contributed by atoms with E-state index in [4.69, 9.17) is 0 Å². The smallest absolute Gasteiger partial charge is 0.170 e. The molecule has 1 fully saturated rings. The molecular formula is C11H15N3O. The number of carbonyl (C=O) groups is 1. The van der Waals surface area contributed by atoms with Gasteiger partial charge in [-0.3, -0.25) is 9.48 Å². The van der Waals surface area contributed by atoms with Gasteiger partial charge in [-0.05, 0) is 32.2 Å². The van der Waals surface area contributed by atoms with E-state index in [0.29, 0.717) is 11.7 Å². The topological polar surface area (TPSA) is 46.9 Å². The minimum Gasteiger partial charge on any atom is -0.311 e. The molecule has 4 heteroatoms. The molecule has 15 heavy (non-hydrogen) atoms. The maximum atomic E-state index is 10.9. The molecule has 3 rings (SSSR count). The van der Waals surface area contributed by atoms with Crippen LogP contribution in [0.5, 0.6) is 0 Å². The van der Waals surface area contributed by atoms with Gasteiger partial charge in [-0.25, -0.2) is 0 Å². The monoisotopic (exact) mass is 205 g/mol. The van der Waals surface area contributed by atoms with E-state index in [2.05, 4.69) is 15.1 Å². The standard InChI is InChI=1S/C11H15N3O/c15-7-10-9-4-5-12-6-11(9)14(13-10)8-2-1-3-8/h7-8,12H,1-6H2. The molecule has 4 nitrogen and oxygen atoms in total. The molecule has 1 saturated carbocycles. The van der Waals surface area contributed by atoms with E-state index in [1.807, 2.05) is 0 Å². The van der Waals surface area contributed by atoms with Gasteiger partial charge in [0, 0.05) is 12.1 Å². The number of carbonyl (C=O) groups excluding carboxylic acids is 1. The van der Waals surface area contributed by atoms with E-state index in [-0.39, 0.29) is 0 Å². The van der Waals surface area contributed by atoms with Gasteiger partial charge in [0.15, 0.2) is 6.29 Å². The second-order valence-electron chi connectivity index (χ2n) is 4.38. The van der Waals surface area contributed by atoms with E-state index in [1.54, 1.807) is 0 Å². The van der Waals surface area contributed by atoms with Crippen LogP contribution in [0, 0.1) is 0 Å². The molecule has 1 aromatic heterocycles. The average Bonchev–Trinajstić information content (AvgIpc) is 2.55. The third-order valence-electron chi connectivity index (χ3n) is 3.53. The summed E-state index contributed by atoms with van der Waals surface area (Å²) in [4.78, 5) is 10.9. The normalized spacial score (nSPS) is 20.8. The van der Waals surface area contributed by atoms with Crippen molar-refractivity contribution in [3.05, 3.63) is 17.0 Å². The van der Waals surface area contributed by atoms with Crippen LogP contribution < -0.4 is 5.32 Å². The Bertz CT molecular complexity index is 393. The van der Waals surface area contributed by atoms with Crippen molar-refractivity contribution in [1.29, 1.82) is 0 Å². The number of nitrogens with one attached hydrogen (secondary N) is 1. The zero-order valence-corrected chi connectivity index (χ0v) is 8.70. The lowest BCUT2D eigenvalue weighted by molar-refractivity contribution is 0.111. The average molecular weight is 205 g/mol. The fraction of sp³-hybridized carbons (Fsp3) is 0.636. The van der Waals surface area contributed by atoms with Gasteiger partial charge in [-0.1, -0.05) is 0 Å². The Labute approximate surface area is 88.7 Å². The number of aldehydes is 1. The molecule has 0 amide bonds. The zero-order chi connectivity index (χ0) is 10.3. The maximum Gasteiger partial charge on any atom is 0.170 e. The van der Waals surface area contributed by atoms with Crippen molar-refractivity contribution < 1.29 is 4.79 Å². The van der Waals surface area contributed by atoms with E-state index < -0.39 is 0 Å². The molecule has 0 saturated heterocycles. The molecular weight excluding hydrogens is 190 g/mol. The Hall–Kier alpha value is -1.16. The predicted octanol–water partition coefficient (Wildman–Crippen LogP) is 1.07. The first-order valence-electron chi connectivity index (χ1n) is 5.66. The first-order chi connectivity index (χ1) is 7.40. The first-order valence-corrected chi connectivity index (χ1v) is 5.66. The van der Waals surface area contributed by atoms with Gasteiger partial charge >= 0.3 is 0 Å². The van der Waals surface area contributed by atoms with E-state index >= 15 is 0 Å². The molecule has 1 aromatic rings. The van der Waals surface area contributed by atoms with Crippen molar-refractivity contribution in [3.8, 4) is 0 Å². The van der Waals surface area contributed by atoms with Crippen LogP contribution in [0.1, 0.15) is 47.1 Å². The summed E-state index contributed by atoms with van der Waals surface area (Å²) in [5.74, 6) is 0. The van der Waals surface area contributed by atoms with Crippen molar-refractivity contribution >= 4 is 6.29 Å². The van der Waals surface area contributed by atoms with Gasteiger partial charge in [0.05, 0.1) is 11.7 Å². The fourth-order valence-electron chi connectivity index (χ4n) is 2.43. The lowest BCUT2D eigenvalue weighted by Gasteiger charge is -2.28. The van der Waals surface area contributed by atoms with E-state index in [1.165, 1.54) is 30.5 Å². The molecule has 0 aromatic carbocycles. The van der Waals surface area contributed by atoms with Gasteiger partial charge in [-0.2, -0.15) is 5.10 Å². The van der Waals surface area contributed by atoms with Crippen LogP contribution in [0.15, 0.2) is 0 Å². The number of fused-ring (bicyclic) bond motifs is 1. The number of rotatable bonds is 2. The molecule has 1 N–H and O–H groups in total. The third kappa shape index (κ3) is 1.32. The molecule has 0 bridgehead atoms. The molecule has 2 aliphatic rings. The first kappa shape index (κ1) is 9.09. The number of hydrogen-bond donors (Lipinski definition) is 1. The molecule has 1 aliphatic carbocycles. The quantitative estimate of drug-likeness (QED) is 0.734. The Kier molecular flexibility index (Phi) is 2.09. The molecule has 0 spiro atoms. The molecule has 2 heterocycles. The van der Waals surface area contributed by atoms with Crippen LogP contribution in [0.3, 0.4) is 0 Å². The molecule has 0 atom stereocenters. The van der Waals surface area contributed by atoms with E-state index in [0.717, 1.165) is 25.8 Å². The lowest BCUT2D eigenvalue weighted by atomic mass is 9.93. The molecule has 80 valence electrons. The van der Waals surface area contributed by atoms with Crippen molar-refractivity contribution in [1.82, 2.24) is 15.1 Å². The minimum absolute atomic E-state index is 0.548. The lowest BCUT2D eigenvalue weighted by Crippen LogP contribution is -2.28. The van der Waals surface area contributed by atoms with Crippen LogP contribution in [-0.2, 0) is 13.0 Å². The van der Waals surface area contributed by atoms with Crippen LogP contribution in [0.25, 0.3) is 0 Å². The minimum atomic E-state index is 0.548. The largest absolute Gasteiger partial charge is 0.311 e. The summed E-state index contributed by atoms with van der Waals surface area (Å²) in [5, 5.41) is 7.79. The van der Waals surface area contributed by atoms with Gasteiger partial charge < -0.3 is 5.32 Å². The van der Waals surface area contributed by atoms with Crippen LogP contribution >= 0.6 is 0 Å². The van der Waals surface area contributed by atoms with Crippen molar-refractivity contribution in [3.63, 3.8) is 0 Å². The van der Waals surface area contributed by atoms with Gasteiger partial charge in [0.25, 0.3) is 0 Å². The summed E-state index contributed by atoms with van der Waals surface area (Å²) in [5.41, 5.74) is 3.09. The van der Waals surface area contributed by atoms with Gasteiger partial charge in [0.1, 0.15) is 5.69 Å². The highest BCUT2D eigenvalue weighted by molar-refractivity contribution is 5.75. The Morgan fingerprint density at radius 2 is 2.33 bits per heavy atom. The molecule has 0 radical (unpaired) electrons. The highest BCUT2D eigenvalue weighted by atomic mass is 16.1. The van der Waals surface area contributed by atoms with Crippen LogP contribution in [-0.4, -0.2) is 22.6 Å². The van der Waals surface area contributed by atoms with Gasteiger partial charge in [0.2, 0.25) is 0 Å². The summed E-state index contributed by atoms with van der Waals surface area (Å²) in [7, 11) is 0. The van der Waals surface area contributed by atoms with Crippen molar-refractivity contribution in [2.45, 2.75) is 38.3 Å². The predicted molar refractivity (Wildman–Crippen MR) is 55.9 cm³/mol. The van der Waals surface area contributed by atoms with Crippen LogP contribution in [0.4, 0.5) is 0 Å². The van der Waals surface area contributed by atoms with Crippen molar-refractivity contribution in [2.24, 2.45) is 0 Å². The zero-order valence-electron chi connectivity index (χ0n) is 8.70. The summed E-state index contributed by atoms with van der Waals surface area (Å²) >= 11 is 0. The Morgan fingerprint density at radius 3 is 3.00 bits per heavy atom. The van der Waals surface area contributed by atoms with Gasteiger partial charge in [-0.15, -0.1) is 0 Å². The highest BCUT2D eigenvalue weighted by Gasteiger charge is 2.27. The Balaban J connectivity index is 2.05. The fourth-order valence-corrected chi connectivity index (χ4v) is 2.43. The summed E-state index contributed by atoms with van der Waals surface area (Å²) in [6.07, 6.45) is 5.57. The Morgan fingerprint density at radius 1 is 1.47 bits per heavy atom. The van der Waals surface area contributed by atoms with E-state index in [9.17, 15) is 4.79 Å². The maximum absolute atomic E-state index is 10.9. The molecule has 0 unspecified atom stereocenters. The second kappa shape index (κ2) is 3.45. The summed E-state index contributed by atoms with van der Waals surface area (Å²) < 4.78 is 2.09. The summed E-state index contributed by atoms with van der Waals surface area (Å²) in [6.45, 7) is 1.83. The number of nitrogens with zero attached hydrogens (tertiary/aromatic N) is 2. The second-order valence-corrected chi connectivity index (χ2v) is 4.38. The van der Waals surface area contributed by atoms with Crippen molar-refractivity contribution in [2.75, 3.05) is 6.54 Å².